The molecule has 0 saturated carbocycles. The number of hydrogen-bond donors (Lipinski definition) is 2. The normalized spacial score (nSPS) is 14.1. The molecule has 9 nitrogen and oxygen atoms in total. The zero-order valence-corrected chi connectivity index (χ0v) is 18.7. The van der Waals surface area contributed by atoms with E-state index in [-0.39, 0.29) is 48.9 Å². The number of nitrogens with one attached hydrogen (secondary N) is 2. The van der Waals surface area contributed by atoms with Gasteiger partial charge in [0.2, 0.25) is 15.9 Å². The zero-order chi connectivity index (χ0) is 24.3. The van der Waals surface area contributed by atoms with Crippen molar-refractivity contribution >= 4 is 39.1 Å². The predicted molar refractivity (Wildman–Crippen MR) is 117 cm³/mol. The van der Waals surface area contributed by atoms with E-state index in [0.717, 1.165) is 18.4 Å². The Morgan fingerprint density at radius 3 is 2.03 bits per heavy atom. The van der Waals surface area contributed by atoms with Gasteiger partial charge in [-0.25, -0.2) is 17.2 Å². The lowest BCUT2D eigenvalue weighted by Crippen LogP contribution is -2.50. The second kappa shape index (κ2) is 9.53. The largest absolute Gasteiger partial charge is 0.335 e. The Bertz CT molecular complexity index is 1210. The van der Waals surface area contributed by atoms with Gasteiger partial charge in [-0.3, -0.25) is 19.1 Å². The Balaban J connectivity index is 1.77. The summed E-state index contributed by atoms with van der Waals surface area (Å²) in [6, 6.07) is 7.10. The van der Waals surface area contributed by atoms with Gasteiger partial charge in [0.05, 0.1) is 17.5 Å². The molecule has 2 N–H and O–H groups in total. The molecule has 1 aliphatic rings. The van der Waals surface area contributed by atoms with Crippen LogP contribution in [0.2, 0.25) is 0 Å². The number of rotatable bonds is 5. The van der Waals surface area contributed by atoms with Crippen molar-refractivity contribution < 1.29 is 31.6 Å². The van der Waals surface area contributed by atoms with Gasteiger partial charge in [-0.1, -0.05) is 0 Å². The molecule has 2 aromatic rings. The summed E-state index contributed by atoms with van der Waals surface area (Å²) in [5, 5.41) is 2.54. The van der Waals surface area contributed by atoms with Crippen LogP contribution >= 0.6 is 0 Å². The third-order valence-corrected chi connectivity index (χ3v) is 5.48. The fourth-order valence-corrected chi connectivity index (χ4v) is 3.96. The summed E-state index contributed by atoms with van der Waals surface area (Å²) < 4.78 is 52.3. The smallest absolute Gasteiger partial charge is 0.256 e. The topological polar surface area (TPSA) is 116 Å². The summed E-state index contributed by atoms with van der Waals surface area (Å²) in [5.41, 5.74) is 0.400. The third kappa shape index (κ3) is 6.04. The van der Waals surface area contributed by atoms with E-state index in [1.165, 1.54) is 41.0 Å². The average molecular weight is 480 g/mol. The Labute approximate surface area is 189 Å². The number of carbonyl (C=O) groups excluding carboxylic acids is 3. The Hall–Kier alpha value is -3.54. The van der Waals surface area contributed by atoms with Crippen LogP contribution in [0.4, 0.5) is 20.2 Å². The van der Waals surface area contributed by atoms with Crippen molar-refractivity contribution in [3.63, 3.8) is 0 Å². The molecule has 0 unspecified atom stereocenters. The van der Waals surface area contributed by atoms with Crippen molar-refractivity contribution in [2.45, 2.75) is 6.92 Å². The first-order valence-corrected chi connectivity index (χ1v) is 11.8. The predicted octanol–water partition coefficient (Wildman–Crippen LogP) is 1.89. The van der Waals surface area contributed by atoms with Gasteiger partial charge in [0.25, 0.3) is 11.8 Å². The van der Waals surface area contributed by atoms with Gasteiger partial charge in [-0.2, -0.15) is 0 Å². The van der Waals surface area contributed by atoms with Crippen LogP contribution in [0.25, 0.3) is 0 Å². The van der Waals surface area contributed by atoms with Crippen LogP contribution in [0.15, 0.2) is 36.4 Å². The number of anilines is 2. The minimum atomic E-state index is -3.68. The van der Waals surface area contributed by atoms with Gasteiger partial charge in [0.1, 0.15) is 0 Å². The van der Waals surface area contributed by atoms with E-state index in [4.69, 9.17) is 0 Å². The van der Waals surface area contributed by atoms with Crippen molar-refractivity contribution in [1.29, 1.82) is 0 Å². The van der Waals surface area contributed by atoms with Crippen LogP contribution < -0.4 is 10.0 Å². The maximum Gasteiger partial charge on any atom is 0.256 e. The Morgan fingerprint density at radius 2 is 1.48 bits per heavy atom. The van der Waals surface area contributed by atoms with Crippen LogP contribution in [-0.4, -0.2) is 68.4 Å². The maximum atomic E-state index is 13.5. The lowest BCUT2D eigenvalue weighted by Gasteiger charge is -2.35. The summed E-state index contributed by atoms with van der Waals surface area (Å²) >= 11 is 0. The summed E-state index contributed by atoms with van der Waals surface area (Å²) in [6.07, 6.45) is 0.950. The fourth-order valence-electron chi connectivity index (χ4n) is 3.39. The monoisotopic (exact) mass is 480 g/mol. The summed E-state index contributed by atoms with van der Waals surface area (Å²) in [6.45, 7) is 1.86. The van der Waals surface area contributed by atoms with Crippen LogP contribution in [0.5, 0.6) is 0 Å². The number of amides is 3. The molecule has 0 spiro atoms. The molecule has 1 fully saturated rings. The van der Waals surface area contributed by atoms with Crippen LogP contribution in [0.3, 0.4) is 0 Å². The van der Waals surface area contributed by atoms with Crippen LogP contribution in [0.1, 0.15) is 27.6 Å². The zero-order valence-electron chi connectivity index (χ0n) is 17.9. The average Bonchev–Trinajstić information content (AvgIpc) is 2.74. The second-order valence-corrected chi connectivity index (χ2v) is 9.28. The molecule has 3 rings (SSSR count). The number of sulfonamides is 1. The molecule has 1 aliphatic heterocycles. The molecule has 12 heteroatoms. The number of piperazine rings is 1. The Kier molecular flexibility index (Phi) is 6.96. The minimum absolute atomic E-state index is 0.00340. The van der Waals surface area contributed by atoms with E-state index in [1.807, 2.05) is 0 Å². The highest BCUT2D eigenvalue weighted by atomic mass is 32.2. The standard InChI is InChI=1S/C21H22F2N4O5S/c1-13(28)24-15-4-6-19(25-33(2,31)32)16(12-15)21(30)27-9-7-26(8-10-27)20(29)14-3-5-17(22)18(23)11-14/h3-6,11-12,25H,7-10H2,1-2H3,(H,24,28). The number of halogens is 2. The van der Waals surface area contributed by atoms with Crippen molar-refractivity contribution in [3.8, 4) is 0 Å². The molecule has 0 radical (unpaired) electrons. The first-order valence-electron chi connectivity index (χ1n) is 9.87. The number of benzene rings is 2. The van der Waals surface area contributed by atoms with E-state index < -0.39 is 33.5 Å². The minimum Gasteiger partial charge on any atom is -0.335 e. The van der Waals surface area contributed by atoms with Crippen molar-refractivity contribution in [1.82, 2.24) is 9.80 Å². The molecular formula is C21H22F2N4O5S. The second-order valence-electron chi connectivity index (χ2n) is 7.53. The molecule has 0 aromatic heterocycles. The third-order valence-electron chi connectivity index (χ3n) is 4.89. The van der Waals surface area contributed by atoms with Gasteiger partial charge < -0.3 is 15.1 Å². The first-order chi connectivity index (χ1) is 15.4. The van der Waals surface area contributed by atoms with Gasteiger partial charge >= 0.3 is 0 Å². The van der Waals surface area contributed by atoms with Gasteiger partial charge in [-0.05, 0) is 36.4 Å². The van der Waals surface area contributed by atoms with Gasteiger partial charge in [0, 0.05) is 44.4 Å². The lowest BCUT2D eigenvalue weighted by molar-refractivity contribution is -0.114. The van der Waals surface area contributed by atoms with E-state index in [9.17, 15) is 31.6 Å². The Morgan fingerprint density at radius 1 is 0.879 bits per heavy atom. The molecule has 2 aromatic carbocycles. The van der Waals surface area contributed by atoms with Crippen LogP contribution in [0, 0.1) is 11.6 Å². The molecular weight excluding hydrogens is 458 g/mol. The summed E-state index contributed by atoms with van der Waals surface area (Å²) in [5.74, 6) is -3.52. The lowest BCUT2D eigenvalue weighted by atomic mass is 10.1. The highest BCUT2D eigenvalue weighted by Crippen LogP contribution is 2.24. The molecule has 1 saturated heterocycles. The SMILES string of the molecule is CC(=O)Nc1ccc(NS(C)(=O)=O)c(C(=O)N2CCN(C(=O)c3ccc(F)c(F)c3)CC2)c1. The molecule has 33 heavy (non-hydrogen) atoms. The molecule has 0 atom stereocenters. The summed E-state index contributed by atoms with van der Waals surface area (Å²) in [7, 11) is -3.68. The number of hydrogen-bond acceptors (Lipinski definition) is 5. The van der Waals surface area contributed by atoms with Gasteiger partial charge in [-0.15, -0.1) is 0 Å². The molecule has 3 amide bonds. The van der Waals surface area contributed by atoms with E-state index in [1.54, 1.807) is 0 Å². The van der Waals surface area contributed by atoms with Crippen molar-refractivity contribution in [2.24, 2.45) is 0 Å². The van der Waals surface area contributed by atoms with Crippen molar-refractivity contribution in [3.05, 3.63) is 59.2 Å². The molecule has 176 valence electrons. The maximum absolute atomic E-state index is 13.5. The molecule has 0 bridgehead atoms. The number of carbonyl (C=O) groups is 3. The van der Waals surface area contributed by atoms with E-state index >= 15 is 0 Å². The highest BCUT2D eigenvalue weighted by molar-refractivity contribution is 7.92. The number of nitrogens with zero attached hydrogens (tertiary/aromatic N) is 2. The highest BCUT2D eigenvalue weighted by Gasteiger charge is 2.28. The van der Waals surface area contributed by atoms with E-state index in [0.29, 0.717) is 5.69 Å². The summed E-state index contributed by atoms with van der Waals surface area (Å²) in [4.78, 5) is 40.0. The first kappa shape index (κ1) is 24.1. The van der Waals surface area contributed by atoms with Gasteiger partial charge in [0.15, 0.2) is 11.6 Å². The van der Waals surface area contributed by atoms with Crippen LogP contribution in [-0.2, 0) is 14.8 Å². The fraction of sp³-hybridized carbons (Fsp3) is 0.286. The quantitative estimate of drug-likeness (QED) is 0.678. The molecule has 0 aliphatic carbocycles. The van der Waals surface area contributed by atoms with E-state index in [2.05, 4.69) is 10.0 Å². The van der Waals surface area contributed by atoms with Crippen molar-refractivity contribution in [2.75, 3.05) is 42.5 Å². The molecule has 1 heterocycles.